The molecule has 2 aromatic rings. The molecule has 2 aromatic heterocycles. The zero-order chi connectivity index (χ0) is 10.7. The third-order valence-electron chi connectivity index (χ3n) is 1.93. The summed E-state index contributed by atoms with van der Waals surface area (Å²) in [5, 5.41) is 6.69. The lowest BCUT2D eigenvalue weighted by molar-refractivity contribution is 0.0959. The summed E-state index contributed by atoms with van der Waals surface area (Å²) in [7, 11) is 0. The predicted octanol–water partition coefficient (Wildman–Crippen LogP) is 0.645. The van der Waals surface area contributed by atoms with Crippen molar-refractivity contribution in [3.8, 4) is 0 Å². The van der Waals surface area contributed by atoms with Crippen LogP contribution in [-0.2, 0) is 0 Å². The monoisotopic (exact) mass is 202 g/mol. The van der Waals surface area contributed by atoms with Crippen molar-refractivity contribution >= 4 is 11.6 Å². The molecule has 15 heavy (non-hydrogen) atoms. The molecule has 0 saturated carbocycles. The lowest BCUT2D eigenvalue weighted by atomic mass is 10.3. The van der Waals surface area contributed by atoms with E-state index in [1.54, 1.807) is 29.1 Å². The molecule has 0 spiro atoms. The van der Waals surface area contributed by atoms with Crippen molar-refractivity contribution < 1.29 is 4.79 Å². The summed E-state index contributed by atoms with van der Waals surface area (Å²) < 4.78 is 1.56. The number of nitrogens with one attached hydrogen (secondary N) is 1. The number of amides is 1. The van der Waals surface area contributed by atoms with Crippen LogP contribution in [0.1, 0.15) is 10.4 Å². The van der Waals surface area contributed by atoms with Crippen LogP contribution < -0.4 is 5.32 Å². The predicted molar refractivity (Wildman–Crippen MR) is 55.5 cm³/mol. The Balaban J connectivity index is 2.35. The van der Waals surface area contributed by atoms with E-state index in [1.165, 1.54) is 6.20 Å². The van der Waals surface area contributed by atoms with Gasteiger partial charge in [-0.3, -0.25) is 4.79 Å². The molecule has 1 N–H and O–H groups in total. The zero-order valence-electron chi connectivity index (χ0n) is 8.05. The third kappa shape index (κ3) is 1.71. The van der Waals surface area contributed by atoms with Crippen LogP contribution in [-0.4, -0.2) is 27.0 Å². The van der Waals surface area contributed by atoms with E-state index in [4.69, 9.17) is 0 Å². The molecule has 2 heterocycles. The number of aromatic nitrogens is 3. The number of carbonyl (C=O) groups excluding carboxylic acids is 1. The molecule has 0 unspecified atom stereocenters. The van der Waals surface area contributed by atoms with Crippen molar-refractivity contribution in [1.29, 1.82) is 0 Å². The SMILES string of the molecule is C=CCNC(=O)c1cnn2cccnc12. The molecule has 0 saturated heterocycles. The maximum atomic E-state index is 11.6. The molecule has 76 valence electrons. The van der Waals surface area contributed by atoms with Crippen molar-refractivity contribution in [1.82, 2.24) is 19.9 Å². The third-order valence-corrected chi connectivity index (χ3v) is 1.93. The molecule has 5 heteroatoms. The molecule has 2 rings (SSSR count). The molecule has 0 radical (unpaired) electrons. The largest absolute Gasteiger partial charge is 0.348 e. The van der Waals surface area contributed by atoms with E-state index in [0.717, 1.165) is 0 Å². The Bertz CT molecular complexity index is 503. The number of fused-ring (bicyclic) bond motifs is 1. The summed E-state index contributed by atoms with van der Waals surface area (Å²) in [6.07, 6.45) is 6.49. The summed E-state index contributed by atoms with van der Waals surface area (Å²) in [5.41, 5.74) is 1.02. The van der Waals surface area contributed by atoms with Gasteiger partial charge < -0.3 is 5.32 Å². The lowest BCUT2D eigenvalue weighted by Crippen LogP contribution is -2.23. The van der Waals surface area contributed by atoms with Crippen molar-refractivity contribution in [2.75, 3.05) is 6.54 Å². The molecule has 5 nitrogen and oxygen atoms in total. The first-order chi connectivity index (χ1) is 7.33. The fraction of sp³-hybridized carbons (Fsp3) is 0.100. The zero-order valence-corrected chi connectivity index (χ0v) is 8.05. The number of hydrogen-bond donors (Lipinski definition) is 1. The van der Waals surface area contributed by atoms with Gasteiger partial charge in [-0.25, -0.2) is 9.50 Å². The molecular formula is C10H10N4O. The Morgan fingerprint density at radius 3 is 3.33 bits per heavy atom. The van der Waals surface area contributed by atoms with Gasteiger partial charge in [0.2, 0.25) is 0 Å². The van der Waals surface area contributed by atoms with Gasteiger partial charge >= 0.3 is 0 Å². The van der Waals surface area contributed by atoms with E-state index < -0.39 is 0 Å². The molecule has 0 aliphatic carbocycles. The topological polar surface area (TPSA) is 59.3 Å². The Hall–Kier alpha value is -2.17. The van der Waals surface area contributed by atoms with Crippen LogP contribution >= 0.6 is 0 Å². The second-order valence-corrected chi connectivity index (χ2v) is 2.94. The average molecular weight is 202 g/mol. The van der Waals surface area contributed by atoms with Crippen molar-refractivity contribution in [2.45, 2.75) is 0 Å². The van der Waals surface area contributed by atoms with E-state index in [0.29, 0.717) is 17.8 Å². The van der Waals surface area contributed by atoms with E-state index >= 15 is 0 Å². The van der Waals surface area contributed by atoms with Gasteiger partial charge in [0, 0.05) is 18.9 Å². The van der Waals surface area contributed by atoms with E-state index in [1.807, 2.05) is 0 Å². The van der Waals surface area contributed by atoms with Gasteiger partial charge in [0.25, 0.3) is 5.91 Å². The van der Waals surface area contributed by atoms with E-state index in [9.17, 15) is 4.79 Å². The Morgan fingerprint density at radius 1 is 1.67 bits per heavy atom. The summed E-state index contributed by atoms with van der Waals surface area (Å²) in [4.78, 5) is 15.7. The van der Waals surface area contributed by atoms with E-state index in [-0.39, 0.29) is 5.91 Å². The molecule has 0 aromatic carbocycles. The minimum absolute atomic E-state index is 0.191. The second-order valence-electron chi connectivity index (χ2n) is 2.94. The van der Waals surface area contributed by atoms with Crippen LogP contribution in [0.4, 0.5) is 0 Å². The molecule has 0 fully saturated rings. The average Bonchev–Trinajstić information content (AvgIpc) is 2.69. The Labute approximate surface area is 86.4 Å². The van der Waals surface area contributed by atoms with Crippen LogP contribution in [0, 0.1) is 0 Å². The summed E-state index contributed by atoms with van der Waals surface area (Å²) in [5.74, 6) is -0.191. The summed E-state index contributed by atoms with van der Waals surface area (Å²) in [6, 6.07) is 1.76. The molecule has 0 bridgehead atoms. The first-order valence-electron chi connectivity index (χ1n) is 4.50. The molecule has 0 aliphatic heterocycles. The van der Waals surface area contributed by atoms with E-state index in [2.05, 4.69) is 22.0 Å². The smallest absolute Gasteiger partial charge is 0.257 e. The van der Waals surface area contributed by atoms with Crippen LogP contribution in [0.2, 0.25) is 0 Å². The quantitative estimate of drug-likeness (QED) is 0.743. The standard InChI is InChI=1S/C10H10N4O/c1-2-4-12-10(15)8-7-13-14-6-3-5-11-9(8)14/h2-3,5-7H,1,4H2,(H,12,15). The van der Waals surface area contributed by atoms with Gasteiger partial charge in [-0.15, -0.1) is 6.58 Å². The van der Waals surface area contributed by atoms with Crippen molar-refractivity contribution in [3.05, 3.63) is 42.9 Å². The summed E-state index contributed by atoms with van der Waals surface area (Å²) >= 11 is 0. The van der Waals surface area contributed by atoms with Crippen LogP contribution in [0.5, 0.6) is 0 Å². The summed E-state index contributed by atoms with van der Waals surface area (Å²) in [6.45, 7) is 3.96. The second kappa shape index (κ2) is 3.91. The van der Waals surface area contributed by atoms with Gasteiger partial charge in [0.05, 0.1) is 6.20 Å². The number of nitrogens with zero attached hydrogens (tertiary/aromatic N) is 3. The maximum absolute atomic E-state index is 11.6. The van der Waals surface area contributed by atoms with Gasteiger partial charge in [0.1, 0.15) is 5.56 Å². The Kier molecular flexibility index (Phi) is 2.45. The van der Waals surface area contributed by atoms with Gasteiger partial charge in [-0.05, 0) is 6.07 Å². The van der Waals surface area contributed by atoms with Gasteiger partial charge in [-0.2, -0.15) is 5.10 Å². The maximum Gasteiger partial charge on any atom is 0.257 e. The van der Waals surface area contributed by atoms with Crippen LogP contribution in [0.3, 0.4) is 0 Å². The van der Waals surface area contributed by atoms with Gasteiger partial charge in [0.15, 0.2) is 5.65 Å². The molecule has 0 atom stereocenters. The minimum Gasteiger partial charge on any atom is -0.348 e. The highest BCUT2D eigenvalue weighted by Crippen LogP contribution is 2.05. The molecule has 0 aliphatic rings. The molecule has 1 amide bonds. The number of rotatable bonds is 3. The Morgan fingerprint density at radius 2 is 2.53 bits per heavy atom. The van der Waals surface area contributed by atoms with Crippen LogP contribution in [0.25, 0.3) is 5.65 Å². The normalized spacial score (nSPS) is 10.1. The lowest BCUT2D eigenvalue weighted by Gasteiger charge is -1.98. The van der Waals surface area contributed by atoms with Crippen LogP contribution in [0.15, 0.2) is 37.3 Å². The number of carbonyl (C=O) groups is 1. The van der Waals surface area contributed by atoms with Crippen molar-refractivity contribution in [3.63, 3.8) is 0 Å². The highest BCUT2D eigenvalue weighted by Gasteiger charge is 2.11. The first kappa shape index (κ1) is 9.39. The van der Waals surface area contributed by atoms with Gasteiger partial charge in [-0.1, -0.05) is 6.08 Å². The number of hydrogen-bond acceptors (Lipinski definition) is 3. The molecular weight excluding hydrogens is 192 g/mol. The first-order valence-corrected chi connectivity index (χ1v) is 4.50. The highest BCUT2D eigenvalue weighted by atomic mass is 16.1. The highest BCUT2D eigenvalue weighted by molar-refractivity contribution is 5.99. The van der Waals surface area contributed by atoms with Crippen molar-refractivity contribution in [2.24, 2.45) is 0 Å². The fourth-order valence-electron chi connectivity index (χ4n) is 1.25. The fourth-order valence-corrected chi connectivity index (χ4v) is 1.25. The minimum atomic E-state index is -0.191.